The normalized spacial score (nSPS) is 10.9. The van der Waals surface area contributed by atoms with E-state index in [1.165, 1.54) is 0 Å². The number of carbonyl (C=O) groups is 2. The van der Waals surface area contributed by atoms with Crippen molar-refractivity contribution < 1.29 is 14.3 Å². The number of nitrogens with one attached hydrogen (secondary N) is 2. The van der Waals surface area contributed by atoms with Crippen LogP contribution in [0, 0.1) is 0 Å². The molecule has 0 aliphatic carbocycles. The van der Waals surface area contributed by atoms with Crippen LogP contribution in [0.15, 0.2) is 0 Å². The molecule has 0 unspecified atom stereocenters. The molecule has 0 aromatic carbocycles. The SMILES string of the molecule is CCCCC(CCCC)(NC(=O)NN)C(=O)OCC. The molecule has 19 heavy (non-hydrogen) atoms. The van der Waals surface area contributed by atoms with Crippen LogP contribution < -0.4 is 16.6 Å². The van der Waals surface area contributed by atoms with Crippen LogP contribution >= 0.6 is 0 Å². The van der Waals surface area contributed by atoms with Gasteiger partial charge in [-0.1, -0.05) is 39.5 Å². The van der Waals surface area contributed by atoms with E-state index in [-0.39, 0.29) is 5.97 Å². The van der Waals surface area contributed by atoms with Crippen LogP contribution in [-0.4, -0.2) is 24.1 Å². The molecule has 4 N–H and O–H groups in total. The number of rotatable bonds is 9. The van der Waals surface area contributed by atoms with E-state index in [0.717, 1.165) is 25.7 Å². The predicted octanol–water partition coefficient (Wildman–Crippen LogP) is 1.84. The van der Waals surface area contributed by atoms with Crippen molar-refractivity contribution in [2.24, 2.45) is 5.84 Å². The quantitative estimate of drug-likeness (QED) is 0.258. The standard InChI is InChI=1S/C13H27N3O3/c1-4-7-9-13(10-8-5-2,11(17)19-6-3)15-12(18)16-14/h4-10,14H2,1-3H3,(H2,15,16,18). The monoisotopic (exact) mass is 273 g/mol. The summed E-state index contributed by atoms with van der Waals surface area (Å²) < 4.78 is 5.12. The van der Waals surface area contributed by atoms with Gasteiger partial charge in [-0.2, -0.15) is 0 Å². The Morgan fingerprint density at radius 1 is 1.11 bits per heavy atom. The Bertz CT molecular complexity index is 274. The number of carbonyl (C=O) groups excluding carboxylic acids is 2. The van der Waals surface area contributed by atoms with Gasteiger partial charge in [-0.05, 0) is 19.8 Å². The summed E-state index contributed by atoms with van der Waals surface area (Å²) in [4.78, 5) is 23.7. The van der Waals surface area contributed by atoms with E-state index in [9.17, 15) is 9.59 Å². The third-order valence-electron chi connectivity index (χ3n) is 3.06. The lowest BCUT2D eigenvalue weighted by atomic mass is 9.87. The number of urea groups is 1. The molecule has 0 aromatic heterocycles. The molecule has 0 saturated heterocycles. The summed E-state index contributed by atoms with van der Waals surface area (Å²) in [5.74, 6) is 4.72. The summed E-state index contributed by atoms with van der Waals surface area (Å²) in [7, 11) is 0. The van der Waals surface area contributed by atoms with E-state index in [1.54, 1.807) is 6.92 Å². The Morgan fingerprint density at radius 3 is 2.00 bits per heavy atom. The zero-order valence-corrected chi connectivity index (χ0v) is 12.3. The average Bonchev–Trinajstić information content (AvgIpc) is 2.41. The smallest absolute Gasteiger partial charge is 0.331 e. The second-order valence-electron chi connectivity index (χ2n) is 4.61. The minimum Gasteiger partial charge on any atom is -0.464 e. The lowest BCUT2D eigenvalue weighted by Crippen LogP contribution is -2.58. The number of unbranched alkanes of at least 4 members (excludes halogenated alkanes) is 2. The van der Waals surface area contributed by atoms with Gasteiger partial charge in [-0.3, -0.25) is 5.43 Å². The van der Waals surface area contributed by atoms with Crippen LogP contribution in [0.1, 0.15) is 59.3 Å². The summed E-state index contributed by atoms with van der Waals surface area (Å²) in [6.07, 6.45) is 4.70. The fourth-order valence-corrected chi connectivity index (χ4v) is 1.98. The van der Waals surface area contributed by atoms with Crippen molar-refractivity contribution >= 4 is 12.0 Å². The fraction of sp³-hybridized carbons (Fsp3) is 0.846. The second kappa shape index (κ2) is 9.61. The second-order valence-corrected chi connectivity index (χ2v) is 4.61. The van der Waals surface area contributed by atoms with Crippen molar-refractivity contribution in [2.45, 2.75) is 64.8 Å². The number of esters is 1. The molecular formula is C13H27N3O3. The van der Waals surface area contributed by atoms with Gasteiger partial charge in [0.25, 0.3) is 0 Å². The van der Waals surface area contributed by atoms with Gasteiger partial charge in [0.15, 0.2) is 0 Å². The van der Waals surface area contributed by atoms with Gasteiger partial charge >= 0.3 is 12.0 Å². The molecule has 0 saturated carbocycles. The molecule has 6 heteroatoms. The highest BCUT2D eigenvalue weighted by atomic mass is 16.5. The van der Waals surface area contributed by atoms with Crippen LogP contribution in [0.2, 0.25) is 0 Å². The number of ether oxygens (including phenoxy) is 1. The molecule has 0 aromatic rings. The third kappa shape index (κ3) is 5.92. The lowest BCUT2D eigenvalue weighted by Gasteiger charge is -2.32. The first-order chi connectivity index (χ1) is 9.06. The molecule has 0 aliphatic rings. The summed E-state index contributed by atoms with van der Waals surface area (Å²) in [5.41, 5.74) is 1.05. The van der Waals surface area contributed by atoms with E-state index in [1.807, 2.05) is 19.3 Å². The van der Waals surface area contributed by atoms with Crippen molar-refractivity contribution in [1.82, 2.24) is 10.7 Å². The van der Waals surface area contributed by atoms with E-state index in [4.69, 9.17) is 10.6 Å². The molecule has 0 radical (unpaired) electrons. The van der Waals surface area contributed by atoms with Crippen LogP contribution in [0.5, 0.6) is 0 Å². The lowest BCUT2D eigenvalue weighted by molar-refractivity contribution is -0.151. The first-order valence-electron chi connectivity index (χ1n) is 7.02. The highest BCUT2D eigenvalue weighted by Gasteiger charge is 2.40. The maximum Gasteiger partial charge on any atom is 0.331 e. The van der Waals surface area contributed by atoms with Crippen LogP contribution in [-0.2, 0) is 9.53 Å². The summed E-state index contributed by atoms with van der Waals surface area (Å²) in [5, 5.41) is 2.68. The number of hydrogen-bond acceptors (Lipinski definition) is 4. The van der Waals surface area contributed by atoms with Crippen LogP contribution in [0.25, 0.3) is 0 Å². The minimum atomic E-state index is -0.967. The van der Waals surface area contributed by atoms with E-state index >= 15 is 0 Å². The zero-order valence-electron chi connectivity index (χ0n) is 12.3. The van der Waals surface area contributed by atoms with Crippen LogP contribution in [0.4, 0.5) is 4.79 Å². The Kier molecular flexibility index (Phi) is 8.95. The van der Waals surface area contributed by atoms with Crippen molar-refractivity contribution in [3.8, 4) is 0 Å². The van der Waals surface area contributed by atoms with E-state index in [0.29, 0.717) is 19.4 Å². The molecule has 0 spiro atoms. The third-order valence-corrected chi connectivity index (χ3v) is 3.06. The van der Waals surface area contributed by atoms with E-state index < -0.39 is 11.6 Å². The fourth-order valence-electron chi connectivity index (χ4n) is 1.98. The first kappa shape index (κ1) is 17.7. The Hall–Kier alpha value is -1.30. The maximum atomic E-state index is 12.2. The van der Waals surface area contributed by atoms with Crippen molar-refractivity contribution in [2.75, 3.05) is 6.61 Å². The molecule has 0 rings (SSSR count). The molecule has 0 aliphatic heterocycles. The van der Waals surface area contributed by atoms with Gasteiger partial charge in [-0.15, -0.1) is 0 Å². The number of nitrogens with two attached hydrogens (primary N) is 1. The number of hydrazine groups is 1. The van der Waals surface area contributed by atoms with Gasteiger partial charge < -0.3 is 10.1 Å². The van der Waals surface area contributed by atoms with Gasteiger partial charge in [0.05, 0.1) is 6.61 Å². The molecule has 2 amide bonds. The molecule has 6 nitrogen and oxygen atoms in total. The zero-order chi connectivity index (χ0) is 14.7. The Balaban J connectivity index is 5.04. The van der Waals surface area contributed by atoms with Crippen LogP contribution in [0.3, 0.4) is 0 Å². The maximum absolute atomic E-state index is 12.2. The summed E-state index contributed by atoms with van der Waals surface area (Å²) in [6.45, 7) is 6.13. The largest absolute Gasteiger partial charge is 0.464 e. The van der Waals surface area contributed by atoms with E-state index in [2.05, 4.69) is 5.32 Å². The van der Waals surface area contributed by atoms with Gasteiger partial charge in [0.2, 0.25) is 0 Å². The van der Waals surface area contributed by atoms with Gasteiger partial charge in [0, 0.05) is 0 Å². The highest BCUT2D eigenvalue weighted by molar-refractivity contribution is 5.87. The topological polar surface area (TPSA) is 93.5 Å². The highest BCUT2D eigenvalue weighted by Crippen LogP contribution is 2.23. The molecule has 112 valence electrons. The van der Waals surface area contributed by atoms with Crippen molar-refractivity contribution in [3.05, 3.63) is 0 Å². The predicted molar refractivity (Wildman–Crippen MR) is 74.3 cm³/mol. The Labute approximate surface area is 115 Å². The van der Waals surface area contributed by atoms with Gasteiger partial charge in [0.1, 0.15) is 5.54 Å². The molecule has 0 heterocycles. The molecule has 0 atom stereocenters. The Morgan fingerprint density at radius 2 is 1.63 bits per heavy atom. The average molecular weight is 273 g/mol. The molecular weight excluding hydrogens is 246 g/mol. The summed E-state index contributed by atoms with van der Waals surface area (Å²) >= 11 is 0. The number of amides is 2. The number of hydrogen-bond donors (Lipinski definition) is 3. The first-order valence-corrected chi connectivity index (χ1v) is 7.02. The molecule has 0 fully saturated rings. The summed E-state index contributed by atoms with van der Waals surface area (Å²) in [6, 6.07) is -0.555. The van der Waals surface area contributed by atoms with Gasteiger partial charge in [-0.25, -0.2) is 15.4 Å². The van der Waals surface area contributed by atoms with Crippen molar-refractivity contribution in [1.29, 1.82) is 0 Å². The molecule has 0 bridgehead atoms. The van der Waals surface area contributed by atoms with Crippen molar-refractivity contribution in [3.63, 3.8) is 0 Å². The minimum absolute atomic E-state index is 0.296.